The number of carbonyl (C=O) groups excluding carboxylic acids is 1. The van der Waals surface area contributed by atoms with Crippen molar-refractivity contribution in [3.8, 4) is 10.6 Å². The Morgan fingerprint density at radius 1 is 1.62 bits per heavy atom. The van der Waals surface area contributed by atoms with Gasteiger partial charge in [-0.25, -0.2) is 4.98 Å². The van der Waals surface area contributed by atoms with E-state index in [1.807, 2.05) is 23.4 Å². The quantitative estimate of drug-likeness (QED) is 0.943. The zero-order valence-corrected chi connectivity index (χ0v) is 12.9. The van der Waals surface area contributed by atoms with E-state index in [-0.39, 0.29) is 5.91 Å². The monoisotopic (exact) mass is 305 g/mol. The van der Waals surface area contributed by atoms with Gasteiger partial charge in [0.2, 0.25) is 0 Å². The van der Waals surface area contributed by atoms with Crippen molar-refractivity contribution in [3.05, 3.63) is 29.7 Å². The molecule has 6 heteroatoms. The van der Waals surface area contributed by atoms with Crippen LogP contribution in [0.25, 0.3) is 10.6 Å². The standard InChI is InChI=1S/C15H19N3O2S/c1-16-7-11-3-2-5-18(8-11)15(19)13-10-21-14(17-13)12-4-6-20-9-12/h4,6,9-11,16H,2-3,5,7-8H2,1H3. The lowest BCUT2D eigenvalue weighted by Gasteiger charge is -2.32. The molecule has 0 radical (unpaired) electrons. The molecule has 2 aromatic rings. The predicted octanol–water partition coefficient (Wildman–Crippen LogP) is 2.47. The zero-order valence-electron chi connectivity index (χ0n) is 12.0. The van der Waals surface area contributed by atoms with E-state index in [4.69, 9.17) is 4.42 Å². The number of furan rings is 1. The molecule has 2 aromatic heterocycles. The first kappa shape index (κ1) is 14.3. The minimum Gasteiger partial charge on any atom is -0.472 e. The van der Waals surface area contributed by atoms with Crippen molar-refractivity contribution in [3.63, 3.8) is 0 Å². The Kier molecular flexibility index (Phi) is 4.36. The van der Waals surface area contributed by atoms with Crippen LogP contribution in [0.15, 0.2) is 28.4 Å². The molecule has 1 unspecified atom stereocenters. The van der Waals surface area contributed by atoms with Crippen LogP contribution in [0, 0.1) is 5.92 Å². The first-order valence-electron chi connectivity index (χ1n) is 7.20. The van der Waals surface area contributed by atoms with Crippen molar-refractivity contribution >= 4 is 17.2 Å². The summed E-state index contributed by atoms with van der Waals surface area (Å²) in [5, 5.41) is 5.87. The number of rotatable bonds is 4. The highest BCUT2D eigenvalue weighted by atomic mass is 32.1. The highest BCUT2D eigenvalue weighted by molar-refractivity contribution is 7.13. The lowest BCUT2D eigenvalue weighted by Crippen LogP contribution is -2.42. The number of thiazole rings is 1. The molecule has 3 rings (SSSR count). The number of amides is 1. The summed E-state index contributed by atoms with van der Waals surface area (Å²) < 4.78 is 5.06. The Morgan fingerprint density at radius 3 is 3.29 bits per heavy atom. The molecule has 21 heavy (non-hydrogen) atoms. The smallest absolute Gasteiger partial charge is 0.273 e. The van der Waals surface area contributed by atoms with E-state index < -0.39 is 0 Å². The van der Waals surface area contributed by atoms with Crippen LogP contribution < -0.4 is 5.32 Å². The molecule has 1 aliphatic rings. The van der Waals surface area contributed by atoms with Gasteiger partial charge in [-0.15, -0.1) is 11.3 Å². The summed E-state index contributed by atoms with van der Waals surface area (Å²) >= 11 is 1.48. The van der Waals surface area contributed by atoms with Gasteiger partial charge in [0.1, 0.15) is 17.0 Å². The fraction of sp³-hybridized carbons (Fsp3) is 0.467. The second kappa shape index (κ2) is 6.41. The maximum atomic E-state index is 12.6. The van der Waals surface area contributed by atoms with Crippen LogP contribution in [0.5, 0.6) is 0 Å². The first-order valence-corrected chi connectivity index (χ1v) is 8.08. The van der Waals surface area contributed by atoms with Gasteiger partial charge in [0.15, 0.2) is 0 Å². The van der Waals surface area contributed by atoms with Crippen molar-refractivity contribution in [2.24, 2.45) is 5.92 Å². The van der Waals surface area contributed by atoms with Gasteiger partial charge in [0.25, 0.3) is 5.91 Å². The molecular weight excluding hydrogens is 286 g/mol. The second-order valence-corrected chi connectivity index (χ2v) is 6.23. The number of nitrogens with one attached hydrogen (secondary N) is 1. The topological polar surface area (TPSA) is 58.4 Å². The van der Waals surface area contributed by atoms with Crippen LogP contribution in [0.3, 0.4) is 0 Å². The first-order chi connectivity index (χ1) is 10.3. The molecule has 3 heterocycles. The summed E-state index contributed by atoms with van der Waals surface area (Å²) in [5.41, 5.74) is 1.46. The van der Waals surface area contributed by atoms with Crippen LogP contribution in [0.1, 0.15) is 23.3 Å². The van der Waals surface area contributed by atoms with Crippen molar-refractivity contribution in [2.75, 3.05) is 26.7 Å². The van der Waals surface area contributed by atoms with Gasteiger partial charge in [-0.3, -0.25) is 4.79 Å². The number of carbonyl (C=O) groups is 1. The third kappa shape index (κ3) is 3.16. The molecule has 1 atom stereocenters. The highest BCUT2D eigenvalue weighted by Crippen LogP contribution is 2.25. The summed E-state index contributed by atoms with van der Waals surface area (Å²) in [6.07, 6.45) is 5.51. The van der Waals surface area contributed by atoms with E-state index in [2.05, 4.69) is 10.3 Å². The van der Waals surface area contributed by atoms with E-state index in [0.29, 0.717) is 11.6 Å². The summed E-state index contributed by atoms with van der Waals surface area (Å²) in [4.78, 5) is 18.9. The van der Waals surface area contributed by atoms with Crippen molar-refractivity contribution in [2.45, 2.75) is 12.8 Å². The molecule has 5 nitrogen and oxygen atoms in total. The van der Waals surface area contributed by atoms with Gasteiger partial charge in [-0.2, -0.15) is 0 Å². The predicted molar refractivity (Wildman–Crippen MR) is 82.4 cm³/mol. The van der Waals surface area contributed by atoms with Crippen LogP contribution in [-0.4, -0.2) is 42.5 Å². The number of hydrogen-bond donors (Lipinski definition) is 1. The maximum Gasteiger partial charge on any atom is 0.273 e. The maximum absolute atomic E-state index is 12.6. The summed E-state index contributed by atoms with van der Waals surface area (Å²) in [7, 11) is 1.96. The van der Waals surface area contributed by atoms with Crippen LogP contribution >= 0.6 is 11.3 Å². The number of nitrogens with zero attached hydrogens (tertiary/aromatic N) is 2. The largest absolute Gasteiger partial charge is 0.472 e. The van der Waals surface area contributed by atoms with Crippen LogP contribution in [-0.2, 0) is 0 Å². The van der Waals surface area contributed by atoms with Crippen LogP contribution in [0.2, 0.25) is 0 Å². The molecule has 1 saturated heterocycles. The molecule has 1 aliphatic heterocycles. The third-order valence-electron chi connectivity index (χ3n) is 3.79. The van der Waals surface area contributed by atoms with Gasteiger partial charge in [0.05, 0.1) is 6.26 Å². The molecular formula is C15H19N3O2S. The molecule has 0 saturated carbocycles. The van der Waals surface area contributed by atoms with E-state index in [1.54, 1.807) is 12.5 Å². The van der Waals surface area contributed by atoms with Crippen molar-refractivity contribution < 1.29 is 9.21 Å². The van der Waals surface area contributed by atoms with E-state index in [9.17, 15) is 4.79 Å². The molecule has 0 bridgehead atoms. The van der Waals surface area contributed by atoms with Crippen molar-refractivity contribution in [1.29, 1.82) is 0 Å². The molecule has 0 aromatic carbocycles. The highest BCUT2D eigenvalue weighted by Gasteiger charge is 2.25. The van der Waals surface area contributed by atoms with Gasteiger partial charge < -0.3 is 14.6 Å². The number of likely N-dealkylation sites (tertiary alicyclic amines) is 1. The summed E-state index contributed by atoms with van der Waals surface area (Å²) in [6.45, 7) is 2.61. The van der Waals surface area contributed by atoms with Crippen LogP contribution in [0.4, 0.5) is 0 Å². The Bertz CT molecular complexity index is 592. The number of piperidine rings is 1. The molecule has 0 spiro atoms. The van der Waals surface area contributed by atoms with E-state index >= 15 is 0 Å². The van der Waals surface area contributed by atoms with Gasteiger partial charge in [-0.05, 0) is 38.4 Å². The molecule has 112 valence electrons. The SMILES string of the molecule is CNCC1CCCN(C(=O)c2csc(-c3ccoc3)n2)C1. The average Bonchev–Trinajstić information content (AvgIpc) is 3.18. The molecule has 1 amide bonds. The third-order valence-corrected chi connectivity index (χ3v) is 4.68. The van der Waals surface area contributed by atoms with Crippen molar-refractivity contribution in [1.82, 2.24) is 15.2 Å². The fourth-order valence-electron chi connectivity index (χ4n) is 2.76. The average molecular weight is 305 g/mol. The normalized spacial score (nSPS) is 18.9. The van der Waals surface area contributed by atoms with Gasteiger partial charge in [-0.1, -0.05) is 0 Å². The lowest BCUT2D eigenvalue weighted by atomic mass is 9.98. The second-order valence-electron chi connectivity index (χ2n) is 5.37. The summed E-state index contributed by atoms with van der Waals surface area (Å²) in [6, 6.07) is 1.86. The minimum atomic E-state index is 0.0433. The Balaban J connectivity index is 1.70. The molecule has 0 aliphatic carbocycles. The lowest BCUT2D eigenvalue weighted by molar-refractivity contribution is 0.0669. The van der Waals surface area contributed by atoms with Gasteiger partial charge in [0, 0.05) is 24.0 Å². The zero-order chi connectivity index (χ0) is 14.7. The molecule has 1 N–H and O–H groups in total. The number of hydrogen-bond acceptors (Lipinski definition) is 5. The number of aromatic nitrogens is 1. The van der Waals surface area contributed by atoms with E-state index in [1.165, 1.54) is 17.8 Å². The molecule has 1 fully saturated rings. The minimum absolute atomic E-state index is 0.0433. The summed E-state index contributed by atoms with van der Waals surface area (Å²) in [5.74, 6) is 0.585. The fourth-order valence-corrected chi connectivity index (χ4v) is 3.54. The van der Waals surface area contributed by atoms with E-state index in [0.717, 1.165) is 36.6 Å². The Morgan fingerprint density at radius 2 is 2.52 bits per heavy atom. The van der Waals surface area contributed by atoms with Gasteiger partial charge >= 0.3 is 0 Å². The Hall–Kier alpha value is -1.66. The Labute approximate surface area is 128 Å².